The first-order valence-corrected chi connectivity index (χ1v) is 8.79. The first-order valence-electron chi connectivity index (χ1n) is 8.79. The van der Waals surface area contributed by atoms with E-state index < -0.39 is 0 Å². The van der Waals surface area contributed by atoms with Crippen LogP contribution in [0.5, 0.6) is 0 Å². The maximum Gasteiger partial charge on any atom is 0.222 e. The van der Waals surface area contributed by atoms with E-state index >= 15 is 0 Å². The second-order valence-electron chi connectivity index (χ2n) is 6.86. The second kappa shape index (κ2) is 7.45. The van der Waals surface area contributed by atoms with Crippen LogP contribution in [0.1, 0.15) is 31.5 Å². The molecule has 2 aliphatic rings. The topological polar surface area (TPSA) is 61.6 Å². The van der Waals surface area contributed by atoms with Crippen LogP contribution < -0.4 is 0 Å². The Balaban J connectivity index is 1.34. The van der Waals surface area contributed by atoms with Crippen molar-refractivity contribution in [3.05, 3.63) is 18.2 Å². The summed E-state index contributed by atoms with van der Waals surface area (Å²) in [7, 11) is 0. The van der Waals surface area contributed by atoms with Crippen LogP contribution in [0.15, 0.2) is 12.4 Å². The number of piperazine rings is 1. The van der Waals surface area contributed by atoms with Crippen LogP contribution in [0.3, 0.4) is 0 Å². The molecular weight excluding hydrogens is 292 g/mol. The summed E-state index contributed by atoms with van der Waals surface area (Å²) < 4.78 is 2.09. The quantitative estimate of drug-likeness (QED) is 0.810. The summed E-state index contributed by atoms with van der Waals surface area (Å²) in [6.45, 7) is 6.96. The molecule has 1 amide bonds. The van der Waals surface area contributed by atoms with Gasteiger partial charge in [-0.15, -0.1) is 0 Å². The predicted octanol–water partition coefficient (Wildman–Crippen LogP) is 0.887. The number of aliphatic hydroxyl groups excluding tert-OH is 1. The van der Waals surface area contributed by atoms with E-state index in [1.54, 1.807) is 6.20 Å². The van der Waals surface area contributed by atoms with Crippen LogP contribution in [-0.2, 0) is 11.3 Å². The van der Waals surface area contributed by atoms with Crippen LogP contribution in [-0.4, -0.2) is 69.2 Å². The third-order valence-corrected chi connectivity index (χ3v) is 5.05. The Bertz CT molecular complexity index is 518. The molecule has 128 valence electrons. The number of β-amino-alcohol motifs (C(OH)–C–C–N with tert-alkyl or cyclic N) is 1. The lowest BCUT2D eigenvalue weighted by Gasteiger charge is -2.35. The van der Waals surface area contributed by atoms with E-state index in [1.165, 1.54) is 12.8 Å². The fraction of sp³-hybridized carbons (Fsp3) is 0.765. The SMILES string of the molecule is Cc1nccn1CCCC(=O)N1CCN(CC(O)C2CC2)CC1. The van der Waals surface area contributed by atoms with Gasteiger partial charge in [0.25, 0.3) is 0 Å². The van der Waals surface area contributed by atoms with Crippen LogP contribution in [0, 0.1) is 12.8 Å². The predicted molar refractivity (Wildman–Crippen MR) is 87.9 cm³/mol. The Labute approximate surface area is 138 Å². The van der Waals surface area contributed by atoms with Crippen molar-refractivity contribution in [2.24, 2.45) is 5.92 Å². The third-order valence-electron chi connectivity index (χ3n) is 5.05. The lowest BCUT2D eigenvalue weighted by molar-refractivity contribution is -0.133. The molecule has 0 spiro atoms. The van der Waals surface area contributed by atoms with Crippen LogP contribution >= 0.6 is 0 Å². The third kappa shape index (κ3) is 4.54. The molecule has 1 aromatic heterocycles. The van der Waals surface area contributed by atoms with Gasteiger partial charge in [-0.1, -0.05) is 0 Å². The molecule has 6 nitrogen and oxygen atoms in total. The number of carbonyl (C=O) groups is 1. The molecule has 1 saturated heterocycles. The van der Waals surface area contributed by atoms with Crippen LogP contribution in [0.2, 0.25) is 0 Å². The molecule has 6 heteroatoms. The molecule has 1 aliphatic heterocycles. The summed E-state index contributed by atoms with van der Waals surface area (Å²) in [5.41, 5.74) is 0. The van der Waals surface area contributed by atoms with E-state index in [2.05, 4.69) is 14.5 Å². The fourth-order valence-electron chi connectivity index (χ4n) is 3.27. The lowest BCUT2D eigenvalue weighted by Crippen LogP contribution is -2.50. The molecule has 0 bridgehead atoms. The highest BCUT2D eigenvalue weighted by Gasteiger charge is 2.31. The van der Waals surface area contributed by atoms with Gasteiger partial charge in [0.05, 0.1) is 6.10 Å². The van der Waals surface area contributed by atoms with E-state index in [-0.39, 0.29) is 12.0 Å². The van der Waals surface area contributed by atoms with Crippen LogP contribution in [0.4, 0.5) is 0 Å². The zero-order valence-electron chi connectivity index (χ0n) is 14.0. The molecule has 1 unspecified atom stereocenters. The highest BCUT2D eigenvalue weighted by molar-refractivity contribution is 5.76. The molecule has 3 rings (SSSR count). The maximum absolute atomic E-state index is 12.3. The Kier molecular flexibility index (Phi) is 5.33. The van der Waals surface area contributed by atoms with Gasteiger partial charge in [0.1, 0.15) is 5.82 Å². The van der Waals surface area contributed by atoms with E-state index in [4.69, 9.17) is 0 Å². The minimum absolute atomic E-state index is 0.171. The average Bonchev–Trinajstić information content (AvgIpc) is 3.32. The number of hydrogen-bond acceptors (Lipinski definition) is 4. The molecule has 1 atom stereocenters. The number of rotatable bonds is 7. The molecule has 0 radical (unpaired) electrons. The molecule has 1 N–H and O–H groups in total. The number of hydrogen-bond donors (Lipinski definition) is 1. The molecule has 23 heavy (non-hydrogen) atoms. The minimum atomic E-state index is -0.171. The molecule has 0 aromatic carbocycles. The van der Waals surface area contributed by atoms with E-state index in [0.717, 1.165) is 51.5 Å². The van der Waals surface area contributed by atoms with Crippen molar-refractivity contribution in [2.45, 2.75) is 45.3 Å². The van der Waals surface area contributed by atoms with Crippen molar-refractivity contribution in [3.63, 3.8) is 0 Å². The standard InChI is InChI=1S/C17H28N4O2/c1-14-18-6-8-20(14)7-2-3-17(23)21-11-9-19(10-12-21)13-16(22)15-4-5-15/h6,8,15-16,22H,2-5,7,9-13H2,1H3. The molecule has 1 aromatic rings. The first kappa shape index (κ1) is 16.5. The van der Waals surface area contributed by atoms with Gasteiger partial charge < -0.3 is 14.6 Å². The summed E-state index contributed by atoms with van der Waals surface area (Å²) in [6.07, 6.45) is 7.40. The Morgan fingerprint density at radius 2 is 2.09 bits per heavy atom. The van der Waals surface area contributed by atoms with Gasteiger partial charge in [-0.25, -0.2) is 4.98 Å². The highest BCUT2D eigenvalue weighted by atomic mass is 16.3. The number of imidazole rings is 1. The number of amides is 1. The highest BCUT2D eigenvalue weighted by Crippen LogP contribution is 2.32. The lowest BCUT2D eigenvalue weighted by atomic mass is 10.2. The Morgan fingerprint density at radius 1 is 1.35 bits per heavy atom. The fourth-order valence-corrected chi connectivity index (χ4v) is 3.27. The van der Waals surface area contributed by atoms with Crippen molar-refractivity contribution in [2.75, 3.05) is 32.7 Å². The van der Waals surface area contributed by atoms with Gasteiger partial charge in [-0.2, -0.15) is 0 Å². The van der Waals surface area contributed by atoms with Crippen molar-refractivity contribution in [1.82, 2.24) is 19.4 Å². The van der Waals surface area contributed by atoms with Crippen molar-refractivity contribution < 1.29 is 9.90 Å². The maximum atomic E-state index is 12.3. The van der Waals surface area contributed by atoms with E-state index in [0.29, 0.717) is 12.3 Å². The summed E-state index contributed by atoms with van der Waals surface area (Å²) in [4.78, 5) is 20.8. The summed E-state index contributed by atoms with van der Waals surface area (Å²) >= 11 is 0. The van der Waals surface area contributed by atoms with Gasteiger partial charge in [0.15, 0.2) is 0 Å². The number of nitrogens with zero attached hydrogens (tertiary/aromatic N) is 4. The van der Waals surface area contributed by atoms with Crippen LogP contribution in [0.25, 0.3) is 0 Å². The molecule has 1 saturated carbocycles. The zero-order valence-corrected chi connectivity index (χ0v) is 14.0. The number of aryl methyl sites for hydroxylation is 2. The summed E-state index contributed by atoms with van der Waals surface area (Å²) in [5, 5.41) is 10.0. The molecule has 2 fully saturated rings. The van der Waals surface area contributed by atoms with Gasteiger partial charge in [-0.05, 0) is 32.1 Å². The molecule has 1 aliphatic carbocycles. The summed E-state index contributed by atoms with van der Waals surface area (Å²) in [5.74, 6) is 1.78. The molecule has 2 heterocycles. The Morgan fingerprint density at radius 3 is 2.70 bits per heavy atom. The summed E-state index contributed by atoms with van der Waals surface area (Å²) in [6, 6.07) is 0. The monoisotopic (exact) mass is 320 g/mol. The smallest absolute Gasteiger partial charge is 0.222 e. The van der Waals surface area contributed by atoms with Crippen molar-refractivity contribution >= 4 is 5.91 Å². The average molecular weight is 320 g/mol. The number of aromatic nitrogens is 2. The van der Waals surface area contributed by atoms with Crippen molar-refractivity contribution in [3.8, 4) is 0 Å². The van der Waals surface area contributed by atoms with Gasteiger partial charge in [0, 0.05) is 58.1 Å². The van der Waals surface area contributed by atoms with Crippen molar-refractivity contribution in [1.29, 1.82) is 0 Å². The zero-order chi connectivity index (χ0) is 16.2. The van der Waals surface area contributed by atoms with Gasteiger partial charge in [0.2, 0.25) is 5.91 Å². The van der Waals surface area contributed by atoms with E-state index in [9.17, 15) is 9.90 Å². The number of carbonyl (C=O) groups excluding carboxylic acids is 1. The van der Waals surface area contributed by atoms with Gasteiger partial charge >= 0.3 is 0 Å². The largest absolute Gasteiger partial charge is 0.392 e. The minimum Gasteiger partial charge on any atom is -0.392 e. The first-order chi connectivity index (χ1) is 11.1. The number of aliphatic hydroxyl groups is 1. The second-order valence-corrected chi connectivity index (χ2v) is 6.86. The van der Waals surface area contributed by atoms with Gasteiger partial charge in [-0.3, -0.25) is 9.69 Å². The van der Waals surface area contributed by atoms with E-state index in [1.807, 2.05) is 18.0 Å². The normalized spacial score (nSPS) is 20.7. The molecular formula is C17H28N4O2. The Hall–Kier alpha value is -1.40.